The number of esters is 1. The third kappa shape index (κ3) is 3.89. The number of nitrogen functional groups attached to an aromatic ring is 1. The number of halogens is 2. The molecule has 2 aromatic rings. The van der Waals surface area contributed by atoms with Gasteiger partial charge in [0.1, 0.15) is 0 Å². The van der Waals surface area contributed by atoms with Crippen LogP contribution in [0.2, 0.25) is 5.02 Å². The van der Waals surface area contributed by atoms with Crippen LogP contribution in [0.25, 0.3) is 0 Å². The third-order valence-electron chi connectivity index (χ3n) is 2.76. The van der Waals surface area contributed by atoms with E-state index in [9.17, 15) is 4.79 Å². The van der Waals surface area contributed by atoms with E-state index in [1.54, 1.807) is 37.3 Å². The molecule has 0 unspecified atom stereocenters. The summed E-state index contributed by atoms with van der Waals surface area (Å²) < 4.78 is 5.80. The second-order valence-electron chi connectivity index (χ2n) is 4.27. The zero-order valence-electron chi connectivity index (χ0n) is 11.3. The fourth-order valence-electron chi connectivity index (χ4n) is 1.76. The SMILES string of the molecule is CCOC(=O)c1ccc(Nc2cc(Cl)ccc2Br)c(N)c1. The molecule has 0 atom stereocenters. The second-order valence-corrected chi connectivity index (χ2v) is 5.56. The predicted octanol–water partition coefficient (Wildman–Crippen LogP) is 4.61. The molecule has 0 heterocycles. The van der Waals surface area contributed by atoms with Crippen LogP contribution in [0.1, 0.15) is 17.3 Å². The van der Waals surface area contributed by atoms with Crippen molar-refractivity contribution in [2.24, 2.45) is 0 Å². The summed E-state index contributed by atoms with van der Waals surface area (Å²) in [5, 5.41) is 3.78. The number of carbonyl (C=O) groups excluding carboxylic acids is 1. The van der Waals surface area contributed by atoms with Crippen molar-refractivity contribution >= 4 is 50.6 Å². The minimum atomic E-state index is -0.389. The van der Waals surface area contributed by atoms with Gasteiger partial charge in [0.25, 0.3) is 0 Å². The summed E-state index contributed by atoms with van der Waals surface area (Å²) in [6, 6.07) is 10.4. The topological polar surface area (TPSA) is 64.3 Å². The summed E-state index contributed by atoms with van der Waals surface area (Å²) in [5.41, 5.74) is 8.32. The van der Waals surface area contributed by atoms with E-state index < -0.39 is 0 Å². The molecule has 0 radical (unpaired) electrons. The summed E-state index contributed by atoms with van der Waals surface area (Å²) in [4.78, 5) is 11.6. The van der Waals surface area contributed by atoms with Gasteiger partial charge in [-0.1, -0.05) is 11.6 Å². The number of carbonyl (C=O) groups is 1. The van der Waals surface area contributed by atoms with Crippen LogP contribution in [0.15, 0.2) is 40.9 Å². The van der Waals surface area contributed by atoms with Crippen molar-refractivity contribution in [1.29, 1.82) is 0 Å². The number of nitrogens with one attached hydrogen (secondary N) is 1. The number of hydrogen-bond donors (Lipinski definition) is 2. The van der Waals surface area contributed by atoms with Gasteiger partial charge in [0.15, 0.2) is 0 Å². The molecular weight excluding hydrogens is 356 g/mol. The monoisotopic (exact) mass is 368 g/mol. The molecule has 2 aromatic carbocycles. The minimum absolute atomic E-state index is 0.328. The van der Waals surface area contributed by atoms with Gasteiger partial charge in [0.2, 0.25) is 0 Å². The number of hydrogen-bond acceptors (Lipinski definition) is 4. The summed E-state index contributed by atoms with van der Waals surface area (Å²) in [7, 11) is 0. The highest BCUT2D eigenvalue weighted by molar-refractivity contribution is 9.10. The first-order valence-electron chi connectivity index (χ1n) is 6.30. The standard InChI is InChI=1S/C15H14BrClN2O2/c1-2-21-15(20)9-3-6-13(12(18)7-9)19-14-8-10(17)4-5-11(14)16/h3-8,19H,2,18H2,1H3. The molecule has 2 rings (SSSR count). The average Bonchev–Trinajstić information content (AvgIpc) is 2.45. The molecule has 0 bridgehead atoms. The Hall–Kier alpha value is -1.72. The molecule has 0 saturated heterocycles. The molecule has 0 saturated carbocycles. The van der Waals surface area contributed by atoms with Crippen LogP contribution in [0.3, 0.4) is 0 Å². The quantitative estimate of drug-likeness (QED) is 0.610. The highest BCUT2D eigenvalue weighted by atomic mass is 79.9. The van der Waals surface area contributed by atoms with Gasteiger partial charge in [0.05, 0.1) is 29.2 Å². The van der Waals surface area contributed by atoms with Gasteiger partial charge >= 0.3 is 5.97 Å². The number of benzene rings is 2. The summed E-state index contributed by atoms with van der Waals surface area (Å²) in [6.07, 6.45) is 0. The number of rotatable bonds is 4. The highest BCUT2D eigenvalue weighted by Gasteiger charge is 2.10. The van der Waals surface area contributed by atoms with Gasteiger partial charge in [-0.05, 0) is 59.3 Å². The lowest BCUT2D eigenvalue weighted by atomic mass is 10.1. The van der Waals surface area contributed by atoms with Crippen molar-refractivity contribution in [2.45, 2.75) is 6.92 Å². The van der Waals surface area contributed by atoms with E-state index in [1.807, 2.05) is 6.07 Å². The first-order valence-corrected chi connectivity index (χ1v) is 7.47. The molecular formula is C15H14BrClN2O2. The lowest BCUT2D eigenvalue weighted by molar-refractivity contribution is 0.0526. The largest absolute Gasteiger partial charge is 0.462 e. The molecule has 21 heavy (non-hydrogen) atoms. The Balaban J connectivity index is 2.25. The summed E-state index contributed by atoms with van der Waals surface area (Å²) >= 11 is 9.41. The van der Waals surface area contributed by atoms with Crippen molar-refractivity contribution < 1.29 is 9.53 Å². The van der Waals surface area contributed by atoms with Gasteiger partial charge < -0.3 is 15.8 Å². The van der Waals surface area contributed by atoms with Gasteiger partial charge in [0, 0.05) is 9.50 Å². The predicted molar refractivity (Wildman–Crippen MR) is 89.2 cm³/mol. The lowest BCUT2D eigenvalue weighted by Crippen LogP contribution is -2.06. The fraction of sp³-hybridized carbons (Fsp3) is 0.133. The maximum atomic E-state index is 11.6. The van der Waals surface area contributed by atoms with Crippen molar-refractivity contribution in [2.75, 3.05) is 17.7 Å². The van der Waals surface area contributed by atoms with Crippen LogP contribution in [-0.2, 0) is 4.74 Å². The van der Waals surface area contributed by atoms with Crippen LogP contribution in [0.4, 0.5) is 17.1 Å². The molecule has 4 nitrogen and oxygen atoms in total. The van der Waals surface area contributed by atoms with Crippen molar-refractivity contribution in [1.82, 2.24) is 0 Å². The molecule has 0 fully saturated rings. The molecule has 110 valence electrons. The Morgan fingerprint density at radius 1 is 1.29 bits per heavy atom. The fourth-order valence-corrected chi connectivity index (χ4v) is 2.27. The normalized spacial score (nSPS) is 10.2. The van der Waals surface area contributed by atoms with Gasteiger partial charge in [-0.15, -0.1) is 0 Å². The lowest BCUT2D eigenvalue weighted by Gasteiger charge is -2.12. The number of anilines is 3. The van der Waals surface area contributed by atoms with E-state index in [0.717, 1.165) is 10.2 Å². The molecule has 0 aliphatic rings. The van der Waals surface area contributed by atoms with E-state index in [1.165, 1.54) is 0 Å². The smallest absolute Gasteiger partial charge is 0.338 e. The van der Waals surface area contributed by atoms with E-state index in [4.69, 9.17) is 22.1 Å². The Kier molecular flexibility index (Phi) is 5.09. The molecule has 3 N–H and O–H groups in total. The van der Waals surface area contributed by atoms with E-state index in [0.29, 0.717) is 28.6 Å². The summed E-state index contributed by atoms with van der Waals surface area (Å²) in [5.74, 6) is -0.389. The molecule has 0 spiro atoms. The zero-order valence-corrected chi connectivity index (χ0v) is 13.7. The highest BCUT2D eigenvalue weighted by Crippen LogP contribution is 2.31. The van der Waals surface area contributed by atoms with E-state index in [-0.39, 0.29) is 5.97 Å². The maximum Gasteiger partial charge on any atom is 0.338 e. The second kappa shape index (κ2) is 6.83. The maximum absolute atomic E-state index is 11.6. The van der Waals surface area contributed by atoms with Crippen LogP contribution in [0.5, 0.6) is 0 Å². The van der Waals surface area contributed by atoms with Crippen LogP contribution >= 0.6 is 27.5 Å². The zero-order chi connectivity index (χ0) is 15.4. The Morgan fingerprint density at radius 2 is 2.05 bits per heavy atom. The minimum Gasteiger partial charge on any atom is -0.462 e. The van der Waals surface area contributed by atoms with Crippen molar-refractivity contribution in [3.05, 3.63) is 51.5 Å². The summed E-state index contributed by atoms with van der Waals surface area (Å²) in [6.45, 7) is 2.09. The van der Waals surface area contributed by atoms with Crippen LogP contribution in [0, 0.1) is 0 Å². The van der Waals surface area contributed by atoms with Crippen molar-refractivity contribution in [3.63, 3.8) is 0 Å². The van der Waals surface area contributed by atoms with Gasteiger partial charge in [-0.25, -0.2) is 4.79 Å². The van der Waals surface area contributed by atoms with Crippen LogP contribution in [-0.4, -0.2) is 12.6 Å². The molecule has 6 heteroatoms. The molecule has 0 amide bonds. The van der Waals surface area contributed by atoms with E-state index >= 15 is 0 Å². The first kappa shape index (κ1) is 15.7. The Morgan fingerprint density at radius 3 is 2.71 bits per heavy atom. The number of ether oxygens (including phenoxy) is 1. The van der Waals surface area contributed by atoms with Crippen molar-refractivity contribution in [3.8, 4) is 0 Å². The Labute approximate surface area is 136 Å². The average molecular weight is 370 g/mol. The first-order chi connectivity index (χ1) is 10.0. The Bertz CT molecular complexity index is 677. The van der Waals surface area contributed by atoms with Gasteiger partial charge in [-0.2, -0.15) is 0 Å². The van der Waals surface area contributed by atoms with E-state index in [2.05, 4.69) is 21.2 Å². The number of nitrogens with two attached hydrogens (primary N) is 1. The van der Waals surface area contributed by atoms with Crippen LogP contribution < -0.4 is 11.1 Å². The molecule has 0 aromatic heterocycles. The molecule has 0 aliphatic carbocycles. The van der Waals surface area contributed by atoms with Gasteiger partial charge in [-0.3, -0.25) is 0 Å². The molecule has 0 aliphatic heterocycles. The third-order valence-corrected chi connectivity index (χ3v) is 3.69.